The standard InChI is InChI=1S/C30H32N2O7S/c1-19-7-11-23(12-8-19)40(35,36)32-16-15-21-17-20(9-13-25(21)32)24-18-22(10-14-26(24)37-5)27(28(33)38-6)31-29(34)39-30(2,3)4/h7-18,27H,1-6H3,(H,31,34)/t27-/m1/s1. The Hall–Kier alpha value is -4.31. The van der Waals surface area contributed by atoms with Crippen LogP contribution in [0.2, 0.25) is 0 Å². The van der Waals surface area contributed by atoms with Gasteiger partial charge in [0.15, 0.2) is 6.04 Å². The van der Waals surface area contributed by atoms with Crippen LogP contribution >= 0.6 is 0 Å². The maximum Gasteiger partial charge on any atom is 0.408 e. The summed E-state index contributed by atoms with van der Waals surface area (Å²) in [6.45, 7) is 7.06. The number of benzene rings is 3. The Bertz CT molecular complexity index is 1670. The lowest BCUT2D eigenvalue weighted by Gasteiger charge is -2.23. The molecule has 4 aromatic rings. The monoisotopic (exact) mass is 564 g/mol. The third-order valence-corrected chi connectivity index (χ3v) is 7.90. The molecule has 10 heteroatoms. The SMILES string of the molecule is COC(=O)[C@H](NC(=O)OC(C)(C)C)c1ccc(OC)c(-c2ccc3c(ccn3S(=O)(=O)c3ccc(C)cc3)c2)c1. The maximum absolute atomic E-state index is 13.3. The molecule has 40 heavy (non-hydrogen) atoms. The number of fused-ring (bicyclic) bond motifs is 1. The quantitative estimate of drug-likeness (QED) is 0.291. The van der Waals surface area contributed by atoms with E-state index in [0.717, 1.165) is 11.1 Å². The zero-order valence-electron chi connectivity index (χ0n) is 23.2. The number of aryl methyl sites for hydroxylation is 1. The number of esters is 1. The molecule has 0 radical (unpaired) electrons. The van der Waals surface area contributed by atoms with Crippen LogP contribution in [0, 0.1) is 6.92 Å². The summed E-state index contributed by atoms with van der Waals surface area (Å²) in [7, 11) is -1.03. The highest BCUT2D eigenvalue weighted by Gasteiger charge is 2.28. The van der Waals surface area contributed by atoms with E-state index in [9.17, 15) is 18.0 Å². The second kappa shape index (κ2) is 11.1. The number of carbonyl (C=O) groups is 2. The highest BCUT2D eigenvalue weighted by Crippen LogP contribution is 2.35. The van der Waals surface area contributed by atoms with Crippen molar-refractivity contribution in [1.29, 1.82) is 0 Å². The first-order valence-electron chi connectivity index (χ1n) is 12.5. The maximum atomic E-state index is 13.3. The van der Waals surface area contributed by atoms with Crippen LogP contribution in [0.25, 0.3) is 22.0 Å². The highest BCUT2D eigenvalue weighted by molar-refractivity contribution is 7.90. The minimum atomic E-state index is -3.80. The lowest BCUT2D eigenvalue weighted by atomic mass is 9.97. The van der Waals surface area contributed by atoms with Gasteiger partial charge in [-0.05, 0) is 81.3 Å². The van der Waals surface area contributed by atoms with Crippen molar-refractivity contribution >= 4 is 33.0 Å². The van der Waals surface area contributed by atoms with E-state index in [1.54, 1.807) is 81.4 Å². The van der Waals surface area contributed by atoms with Crippen LogP contribution in [0.1, 0.15) is 37.9 Å². The van der Waals surface area contributed by atoms with Gasteiger partial charge in [-0.25, -0.2) is 22.0 Å². The van der Waals surface area contributed by atoms with Crippen molar-refractivity contribution in [2.24, 2.45) is 0 Å². The van der Waals surface area contributed by atoms with Crippen LogP contribution in [0.3, 0.4) is 0 Å². The Balaban J connectivity index is 1.74. The normalized spacial score (nSPS) is 12.6. The van der Waals surface area contributed by atoms with E-state index < -0.39 is 33.7 Å². The number of rotatable bonds is 7. The molecule has 1 heterocycles. The number of aromatic nitrogens is 1. The number of methoxy groups -OCH3 is 2. The third-order valence-electron chi connectivity index (χ3n) is 6.20. The Morgan fingerprint density at radius 2 is 1.62 bits per heavy atom. The summed E-state index contributed by atoms with van der Waals surface area (Å²) >= 11 is 0. The highest BCUT2D eigenvalue weighted by atomic mass is 32.2. The number of amides is 1. The van der Waals surface area contributed by atoms with E-state index in [2.05, 4.69) is 5.32 Å². The summed E-state index contributed by atoms with van der Waals surface area (Å²) in [5.74, 6) is -0.147. The lowest BCUT2D eigenvalue weighted by molar-refractivity contribution is -0.143. The molecule has 0 saturated heterocycles. The number of hydrogen-bond donors (Lipinski definition) is 1. The largest absolute Gasteiger partial charge is 0.496 e. The zero-order chi connectivity index (χ0) is 29.2. The van der Waals surface area contributed by atoms with E-state index in [0.29, 0.717) is 27.8 Å². The summed E-state index contributed by atoms with van der Waals surface area (Å²) in [5, 5.41) is 3.27. The van der Waals surface area contributed by atoms with Crippen molar-refractivity contribution in [3.05, 3.63) is 84.1 Å². The number of carbonyl (C=O) groups excluding carboxylic acids is 2. The number of nitrogens with one attached hydrogen (secondary N) is 1. The number of ether oxygens (including phenoxy) is 3. The Morgan fingerprint density at radius 3 is 2.25 bits per heavy atom. The summed E-state index contributed by atoms with van der Waals surface area (Å²) in [5.41, 5.74) is 2.53. The van der Waals surface area contributed by atoms with E-state index in [1.165, 1.54) is 24.4 Å². The van der Waals surface area contributed by atoms with Crippen LogP contribution < -0.4 is 10.1 Å². The Labute approximate surface area is 233 Å². The first kappa shape index (κ1) is 28.7. The van der Waals surface area contributed by atoms with E-state index in [1.807, 2.05) is 13.0 Å². The number of nitrogens with zero attached hydrogens (tertiary/aromatic N) is 1. The molecule has 1 atom stereocenters. The van der Waals surface area contributed by atoms with Crippen molar-refractivity contribution in [1.82, 2.24) is 9.29 Å². The molecule has 0 fully saturated rings. The zero-order valence-corrected chi connectivity index (χ0v) is 24.0. The minimum absolute atomic E-state index is 0.195. The molecule has 0 bridgehead atoms. The fourth-order valence-corrected chi connectivity index (χ4v) is 5.62. The van der Waals surface area contributed by atoms with E-state index in [-0.39, 0.29) is 4.90 Å². The molecule has 1 amide bonds. The van der Waals surface area contributed by atoms with Gasteiger partial charge in [-0.2, -0.15) is 0 Å². The molecule has 0 aliphatic carbocycles. The predicted octanol–water partition coefficient (Wildman–Crippen LogP) is 5.60. The van der Waals surface area contributed by atoms with Crippen LogP contribution in [-0.4, -0.2) is 44.3 Å². The topological polar surface area (TPSA) is 113 Å². The van der Waals surface area contributed by atoms with E-state index >= 15 is 0 Å². The molecule has 0 unspecified atom stereocenters. The smallest absolute Gasteiger partial charge is 0.408 e. The summed E-state index contributed by atoms with van der Waals surface area (Å²) in [4.78, 5) is 25.3. The van der Waals surface area contributed by atoms with Gasteiger partial charge in [0, 0.05) is 17.1 Å². The molecule has 0 spiro atoms. The summed E-state index contributed by atoms with van der Waals surface area (Å²) in [6.07, 6.45) is 0.757. The van der Waals surface area contributed by atoms with Crippen LogP contribution in [0.15, 0.2) is 77.8 Å². The van der Waals surface area contributed by atoms with E-state index in [4.69, 9.17) is 14.2 Å². The van der Waals surface area contributed by atoms with Crippen molar-refractivity contribution < 1.29 is 32.2 Å². The molecule has 0 aliphatic rings. The second-order valence-corrected chi connectivity index (χ2v) is 12.1. The minimum Gasteiger partial charge on any atom is -0.496 e. The second-order valence-electron chi connectivity index (χ2n) is 10.3. The van der Waals surface area contributed by atoms with Gasteiger partial charge in [-0.3, -0.25) is 0 Å². The van der Waals surface area contributed by atoms with Gasteiger partial charge in [-0.1, -0.05) is 29.8 Å². The van der Waals surface area contributed by atoms with Crippen molar-refractivity contribution in [2.75, 3.05) is 14.2 Å². The molecule has 9 nitrogen and oxygen atoms in total. The Morgan fingerprint density at radius 1 is 0.925 bits per heavy atom. The van der Waals surface area contributed by atoms with Gasteiger partial charge in [-0.15, -0.1) is 0 Å². The number of alkyl carbamates (subject to hydrolysis) is 1. The van der Waals surface area contributed by atoms with Gasteiger partial charge >= 0.3 is 12.1 Å². The summed E-state index contributed by atoms with van der Waals surface area (Å²) in [6, 6.07) is 17.7. The fourth-order valence-electron chi connectivity index (χ4n) is 4.27. The molecule has 0 aliphatic heterocycles. The molecule has 1 N–H and O–H groups in total. The molecule has 1 aromatic heterocycles. The predicted molar refractivity (Wildman–Crippen MR) is 152 cm³/mol. The average molecular weight is 565 g/mol. The van der Waals surface area contributed by atoms with Crippen molar-refractivity contribution in [2.45, 2.75) is 44.2 Å². The van der Waals surface area contributed by atoms with Gasteiger partial charge in [0.2, 0.25) is 0 Å². The van der Waals surface area contributed by atoms with Gasteiger partial charge < -0.3 is 19.5 Å². The Kier molecular flexibility index (Phi) is 7.93. The van der Waals surface area contributed by atoms with Crippen molar-refractivity contribution in [3.63, 3.8) is 0 Å². The molecular weight excluding hydrogens is 532 g/mol. The number of hydrogen-bond acceptors (Lipinski definition) is 7. The van der Waals surface area contributed by atoms with Gasteiger partial charge in [0.25, 0.3) is 10.0 Å². The van der Waals surface area contributed by atoms with Gasteiger partial charge in [0.1, 0.15) is 11.4 Å². The van der Waals surface area contributed by atoms with Gasteiger partial charge in [0.05, 0.1) is 24.6 Å². The van der Waals surface area contributed by atoms with Crippen molar-refractivity contribution in [3.8, 4) is 16.9 Å². The van der Waals surface area contributed by atoms with Crippen LogP contribution in [0.4, 0.5) is 4.79 Å². The molecule has 3 aromatic carbocycles. The molecule has 4 rings (SSSR count). The molecular formula is C30H32N2O7S. The fraction of sp³-hybridized carbons (Fsp3) is 0.267. The first-order chi connectivity index (χ1) is 18.8. The molecule has 210 valence electrons. The van der Waals surface area contributed by atoms with Crippen LogP contribution in [0.5, 0.6) is 5.75 Å². The summed E-state index contributed by atoms with van der Waals surface area (Å²) < 4.78 is 43.7. The lowest BCUT2D eigenvalue weighted by Crippen LogP contribution is -2.38. The average Bonchev–Trinajstić information content (AvgIpc) is 3.34. The molecule has 0 saturated carbocycles. The first-order valence-corrected chi connectivity index (χ1v) is 14.0. The van der Waals surface area contributed by atoms with Crippen LogP contribution in [-0.2, 0) is 24.3 Å². The third kappa shape index (κ3) is 5.96.